The number of nitrogens with one attached hydrogen (secondary N) is 1. The molecule has 0 bridgehead atoms. The zero-order valence-corrected chi connectivity index (χ0v) is 13.7. The second-order valence-corrected chi connectivity index (χ2v) is 5.99. The molecule has 122 valence electrons. The monoisotopic (exact) mass is 314 g/mol. The Kier molecular flexibility index (Phi) is 4.07. The SMILES string of the molecule is CC[C@@H](NC(=O)C1(c2ccc(OC)cc2)CC1)c1ncnn1C. The van der Waals surface area contributed by atoms with Crippen LogP contribution in [0.3, 0.4) is 0 Å². The summed E-state index contributed by atoms with van der Waals surface area (Å²) in [6.07, 6.45) is 4.04. The van der Waals surface area contributed by atoms with Crippen LogP contribution in [0.1, 0.15) is 43.6 Å². The number of carbonyl (C=O) groups is 1. The van der Waals surface area contributed by atoms with Gasteiger partial charge in [0.2, 0.25) is 5.91 Å². The minimum absolute atomic E-state index is 0.0671. The Bertz CT molecular complexity index is 689. The van der Waals surface area contributed by atoms with Crippen molar-refractivity contribution in [3.05, 3.63) is 42.0 Å². The molecule has 1 atom stereocenters. The highest BCUT2D eigenvalue weighted by molar-refractivity contribution is 5.91. The van der Waals surface area contributed by atoms with Crippen LogP contribution in [-0.4, -0.2) is 27.8 Å². The van der Waals surface area contributed by atoms with Crippen molar-refractivity contribution in [3.63, 3.8) is 0 Å². The predicted octanol–water partition coefficient (Wildman–Crippen LogP) is 2.12. The predicted molar refractivity (Wildman–Crippen MR) is 86.1 cm³/mol. The first kappa shape index (κ1) is 15.5. The number of amides is 1. The van der Waals surface area contributed by atoms with Crippen molar-refractivity contribution in [2.45, 2.75) is 37.6 Å². The van der Waals surface area contributed by atoms with Gasteiger partial charge in [-0.3, -0.25) is 9.48 Å². The van der Waals surface area contributed by atoms with E-state index in [9.17, 15) is 4.79 Å². The first-order chi connectivity index (χ1) is 11.1. The Morgan fingerprint density at radius 2 is 2.09 bits per heavy atom. The molecule has 1 aliphatic carbocycles. The molecule has 1 saturated carbocycles. The van der Waals surface area contributed by atoms with E-state index in [4.69, 9.17) is 4.74 Å². The molecule has 6 heteroatoms. The van der Waals surface area contributed by atoms with E-state index in [1.807, 2.05) is 38.2 Å². The molecule has 6 nitrogen and oxygen atoms in total. The fraction of sp³-hybridized carbons (Fsp3) is 0.471. The maximum Gasteiger partial charge on any atom is 0.231 e. The number of rotatable bonds is 6. The minimum atomic E-state index is -0.404. The van der Waals surface area contributed by atoms with E-state index < -0.39 is 5.41 Å². The van der Waals surface area contributed by atoms with Gasteiger partial charge < -0.3 is 10.1 Å². The van der Waals surface area contributed by atoms with Gasteiger partial charge in [-0.1, -0.05) is 19.1 Å². The lowest BCUT2D eigenvalue weighted by Crippen LogP contribution is -2.38. The van der Waals surface area contributed by atoms with Gasteiger partial charge >= 0.3 is 0 Å². The van der Waals surface area contributed by atoms with E-state index in [0.717, 1.165) is 36.4 Å². The zero-order valence-electron chi connectivity index (χ0n) is 13.7. The van der Waals surface area contributed by atoms with Gasteiger partial charge in [-0.2, -0.15) is 5.10 Å². The summed E-state index contributed by atoms with van der Waals surface area (Å²) in [5.41, 5.74) is 0.641. The van der Waals surface area contributed by atoms with Crippen molar-refractivity contribution in [1.82, 2.24) is 20.1 Å². The Hall–Kier alpha value is -2.37. The molecule has 1 aromatic carbocycles. The molecule has 0 aliphatic heterocycles. The van der Waals surface area contributed by atoms with Gasteiger partial charge in [0.05, 0.1) is 18.6 Å². The average Bonchev–Trinajstić information content (AvgIpc) is 3.29. The van der Waals surface area contributed by atoms with Crippen LogP contribution < -0.4 is 10.1 Å². The van der Waals surface area contributed by atoms with E-state index in [1.165, 1.54) is 6.33 Å². The second-order valence-electron chi connectivity index (χ2n) is 5.99. The van der Waals surface area contributed by atoms with E-state index in [-0.39, 0.29) is 11.9 Å². The topological polar surface area (TPSA) is 69.0 Å². The molecule has 0 unspecified atom stereocenters. The van der Waals surface area contributed by atoms with Crippen LogP contribution >= 0.6 is 0 Å². The smallest absolute Gasteiger partial charge is 0.231 e. The Balaban J connectivity index is 1.77. The number of hydrogen-bond donors (Lipinski definition) is 1. The largest absolute Gasteiger partial charge is 0.497 e. The van der Waals surface area contributed by atoms with Crippen molar-refractivity contribution < 1.29 is 9.53 Å². The Morgan fingerprint density at radius 3 is 2.57 bits per heavy atom. The van der Waals surface area contributed by atoms with Crippen LogP contribution in [0.25, 0.3) is 0 Å². The van der Waals surface area contributed by atoms with Crippen LogP contribution in [0.5, 0.6) is 5.75 Å². The standard InChI is InChI=1S/C17H22N4O2/c1-4-14(15-18-11-19-21(15)2)20-16(22)17(9-10-17)12-5-7-13(23-3)8-6-12/h5-8,11,14H,4,9-10H2,1-3H3,(H,20,22)/t14-/m1/s1. The fourth-order valence-electron chi connectivity index (χ4n) is 2.95. The molecule has 1 fully saturated rings. The van der Waals surface area contributed by atoms with Crippen LogP contribution in [-0.2, 0) is 17.3 Å². The van der Waals surface area contributed by atoms with Gasteiger partial charge in [-0.05, 0) is 37.0 Å². The van der Waals surface area contributed by atoms with Gasteiger partial charge in [-0.25, -0.2) is 4.98 Å². The number of nitrogens with zero attached hydrogens (tertiary/aromatic N) is 3. The lowest BCUT2D eigenvalue weighted by atomic mass is 9.94. The van der Waals surface area contributed by atoms with Crippen molar-refractivity contribution in [1.29, 1.82) is 0 Å². The van der Waals surface area contributed by atoms with Crippen molar-refractivity contribution in [2.75, 3.05) is 7.11 Å². The summed E-state index contributed by atoms with van der Waals surface area (Å²) in [4.78, 5) is 17.1. The highest BCUT2D eigenvalue weighted by Gasteiger charge is 2.51. The molecule has 1 amide bonds. The van der Waals surface area contributed by atoms with Crippen molar-refractivity contribution in [3.8, 4) is 5.75 Å². The third-order valence-corrected chi connectivity index (χ3v) is 4.60. The van der Waals surface area contributed by atoms with Gasteiger partial charge in [0, 0.05) is 7.05 Å². The zero-order chi connectivity index (χ0) is 16.4. The van der Waals surface area contributed by atoms with E-state index >= 15 is 0 Å². The van der Waals surface area contributed by atoms with E-state index in [0.29, 0.717) is 0 Å². The molecule has 1 heterocycles. The molecule has 3 rings (SSSR count). The number of methoxy groups -OCH3 is 1. The van der Waals surface area contributed by atoms with Crippen LogP contribution in [0.4, 0.5) is 0 Å². The second kappa shape index (κ2) is 6.02. The molecule has 2 aromatic rings. The number of carbonyl (C=O) groups excluding carboxylic acids is 1. The highest BCUT2D eigenvalue weighted by Crippen LogP contribution is 2.49. The van der Waals surface area contributed by atoms with Crippen LogP contribution in [0, 0.1) is 0 Å². The lowest BCUT2D eigenvalue weighted by Gasteiger charge is -2.21. The minimum Gasteiger partial charge on any atom is -0.497 e. The molecular formula is C17H22N4O2. The van der Waals surface area contributed by atoms with Crippen LogP contribution in [0.15, 0.2) is 30.6 Å². The lowest BCUT2D eigenvalue weighted by molar-refractivity contribution is -0.124. The quantitative estimate of drug-likeness (QED) is 0.887. The number of aryl methyl sites for hydroxylation is 1. The maximum absolute atomic E-state index is 12.9. The Morgan fingerprint density at radius 1 is 1.39 bits per heavy atom. The first-order valence-electron chi connectivity index (χ1n) is 7.90. The molecule has 1 aromatic heterocycles. The molecule has 0 spiro atoms. The molecule has 0 radical (unpaired) electrons. The van der Waals surface area contributed by atoms with Gasteiger partial charge in [-0.15, -0.1) is 0 Å². The number of hydrogen-bond acceptors (Lipinski definition) is 4. The number of benzene rings is 1. The third-order valence-electron chi connectivity index (χ3n) is 4.60. The number of ether oxygens (including phenoxy) is 1. The van der Waals surface area contributed by atoms with E-state index in [2.05, 4.69) is 15.4 Å². The van der Waals surface area contributed by atoms with Crippen molar-refractivity contribution >= 4 is 5.91 Å². The summed E-state index contributed by atoms with van der Waals surface area (Å²) in [6.45, 7) is 2.03. The van der Waals surface area contributed by atoms with Gasteiger partial charge in [0.15, 0.2) is 0 Å². The average molecular weight is 314 g/mol. The normalized spacial score (nSPS) is 16.7. The highest BCUT2D eigenvalue weighted by atomic mass is 16.5. The van der Waals surface area contributed by atoms with Crippen LogP contribution in [0.2, 0.25) is 0 Å². The third kappa shape index (κ3) is 2.81. The van der Waals surface area contributed by atoms with Gasteiger partial charge in [0.1, 0.15) is 17.9 Å². The fourth-order valence-corrected chi connectivity index (χ4v) is 2.95. The number of aromatic nitrogens is 3. The molecule has 1 aliphatic rings. The first-order valence-corrected chi connectivity index (χ1v) is 7.90. The van der Waals surface area contributed by atoms with E-state index in [1.54, 1.807) is 11.8 Å². The summed E-state index contributed by atoms with van der Waals surface area (Å²) < 4.78 is 6.90. The summed E-state index contributed by atoms with van der Waals surface area (Å²) in [6, 6.07) is 7.65. The summed E-state index contributed by atoms with van der Waals surface area (Å²) in [5, 5.41) is 7.23. The summed E-state index contributed by atoms with van der Waals surface area (Å²) in [5.74, 6) is 1.65. The van der Waals surface area contributed by atoms with Crippen molar-refractivity contribution in [2.24, 2.45) is 7.05 Å². The van der Waals surface area contributed by atoms with Gasteiger partial charge in [0.25, 0.3) is 0 Å². The summed E-state index contributed by atoms with van der Waals surface area (Å²) in [7, 11) is 3.48. The maximum atomic E-state index is 12.9. The molecular weight excluding hydrogens is 292 g/mol. The molecule has 1 N–H and O–H groups in total. The molecule has 0 saturated heterocycles. The summed E-state index contributed by atoms with van der Waals surface area (Å²) >= 11 is 0. The molecule has 23 heavy (non-hydrogen) atoms. The Labute approximate surface area is 135 Å².